The van der Waals surface area contributed by atoms with Crippen LogP contribution in [0, 0.1) is 0 Å². The van der Waals surface area contributed by atoms with Gasteiger partial charge in [0.05, 0.1) is 49.8 Å². The summed E-state index contributed by atoms with van der Waals surface area (Å²) in [7, 11) is 0. The summed E-state index contributed by atoms with van der Waals surface area (Å²) in [4.78, 5) is 36.0. The summed E-state index contributed by atoms with van der Waals surface area (Å²) in [6.45, 7) is 5.71. The van der Waals surface area contributed by atoms with Crippen LogP contribution in [0.25, 0.3) is 0 Å². The molecule has 0 aliphatic heterocycles. The van der Waals surface area contributed by atoms with Crippen LogP contribution in [0.1, 0.15) is 130 Å². The Hall–Kier alpha value is -1.79. The van der Waals surface area contributed by atoms with Crippen molar-refractivity contribution in [3.8, 4) is 0 Å². The lowest BCUT2D eigenvalue weighted by molar-refractivity contribution is -0.155. The number of carbonyl (C=O) groups is 3. The second-order valence-electron chi connectivity index (χ2n) is 11.3. The summed E-state index contributed by atoms with van der Waals surface area (Å²) in [5, 5.41) is 59.3. The van der Waals surface area contributed by atoms with E-state index in [9.17, 15) is 39.9 Å². The van der Waals surface area contributed by atoms with Crippen molar-refractivity contribution in [1.82, 2.24) is 0 Å². The summed E-state index contributed by atoms with van der Waals surface area (Å²) in [6.07, 6.45) is 0.439. The molecule has 0 aromatic heterocycles. The van der Waals surface area contributed by atoms with Gasteiger partial charge in [-0.1, -0.05) is 46.0 Å². The zero-order valence-electron chi connectivity index (χ0n) is 25.3. The van der Waals surface area contributed by atoms with E-state index in [1.807, 2.05) is 6.92 Å². The Balaban J connectivity index is 4.96. The first kappa shape index (κ1) is 39.2. The lowest BCUT2D eigenvalue weighted by atomic mass is 10.0. The van der Waals surface area contributed by atoms with Crippen LogP contribution in [0.4, 0.5) is 0 Å². The second-order valence-corrected chi connectivity index (χ2v) is 11.3. The molecule has 0 saturated carbocycles. The third-order valence-electron chi connectivity index (χ3n) is 6.84. The molecule has 0 fully saturated rings. The minimum Gasteiger partial charge on any atom is -0.481 e. The summed E-state index contributed by atoms with van der Waals surface area (Å²) in [5.41, 5.74) is 0. The highest BCUT2D eigenvalue weighted by Gasteiger charge is 2.26. The fraction of sp³-hybridized carbons (Fsp3) is 0.900. The molecule has 0 spiro atoms. The molecule has 0 amide bonds. The maximum atomic E-state index is 12.6. The van der Waals surface area contributed by atoms with Crippen LogP contribution in [0.5, 0.6) is 0 Å². The van der Waals surface area contributed by atoms with Crippen molar-refractivity contribution in [3.05, 3.63) is 0 Å². The zero-order chi connectivity index (χ0) is 31.2. The average molecular weight is 593 g/mol. The highest BCUT2D eigenvalue weighted by atomic mass is 16.6. The van der Waals surface area contributed by atoms with Crippen molar-refractivity contribution in [2.45, 2.75) is 173 Å². The zero-order valence-corrected chi connectivity index (χ0v) is 25.3. The Bertz CT molecular complexity index is 700. The molecule has 11 nitrogen and oxygen atoms in total. The molecule has 0 saturated heterocycles. The molecule has 11 heteroatoms. The average Bonchev–Trinajstić information content (AvgIpc) is 2.82. The molecule has 41 heavy (non-hydrogen) atoms. The maximum absolute atomic E-state index is 12.6. The molecular formula is C30H56O11. The normalized spacial score (nSPS) is 16.7. The third kappa shape index (κ3) is 23.5. The van der Waals surface area contributed by atoms with Gasteiger partial charge in [0.2, 0.25) is 0 Å². The molecule has 6 N–H and O–H groups in total. The highest BCUT2D eigenvalue weighted by Crippen LogP contribution is 2.19. The van der Waals surface area contributed by atoms with Gasteiger partial charge in [-0.05, 0) is 51.9 Å². The van der Waals surface area contributed by atoms with Gasteiger partial charge < -0.3 is 40.1 Å². The van der Waals surface area contributed by atoms with Crippen molar-refractivity contribution in [1.29, 1.82) is 0 Å². The molecular weight excluding hydrogens is 536 g/mol. The lowest BCUT2D eigenvalue weighted by Crippen LogP contribution is -2.30. The Morgan fingerprint density at radius 3 is 1.46 bits per heavy atom. The number of unbranched alkanes of at least 4 members (excludes halogenated alkanes) is 4. The maximum Gasteiger partial charge on any atom is 0.308 e. The van der Waals surface area contributed by atoms with Crippen LogP contribution in [-0.2, 0) is 23.9 Å². The number of aliphatic carboxylic acids is 1. The van der Waals surface area contributed by atoms with Crippen molar-refractivity contribution >= 4 is 17.9 Å². The van der Waals surface area contributed by atoms with E-state index < -0.39 is 67.1 Å². The van der Waals surface area contributed by atoms with Gasteiger partial charge in [0.1, 0.15) is 12.2 Å². The SMILES string of the molecule is CCCCC[C@@H](O)C[C@@H](O)CC(=O)O[C@H](CCCCC)C[C@@H](O)CC(=O)O[C@H](CCCC(C)O)C[C@@H](O)CC(=O)O. The quantitative estimate of drug-likeness (QED) is 0.0637. The minimum atomic E-state index is -1.21. The van der Waals surface area contributed by atoms with E-state index in [4.69, 9.17) is 14.6 Å². The van der Waals surface area contributed by atoms with E-state index in [1.165, 1.54) is 0 Å². The van der Waals surface area contributed by atoms with Crippen molar-refractivity contribution < 1.29 is 54.5 Å². The van der Waals surface area contributed by atoms with E-state index >= 15 is 0 Å². The van der Waals surface area contributed by atoms with Crippen LogP contribution in [0.3, 0.4) is 0 Å². The van der Waals surface area contributed by atoms with E-state index in [-0.39, 0.29) is 32.1 Å². The number of hydrogen-bond acceptors (Lipinski definition) is 10. The van der Waals surface area contributed by atoms with Crippen LogP contribution >= 0.6 is 0 Å². The summed E-state index contributed by atoms with van der Waals surface area (Å²) >= 11 is 0. The molecule has 0 aromatic carbocycles. The van der Waals surface area contributed by atoms with Crippen molar-refractivity contribution in [2.24, 2.45) is 0 Å². The Kier molecular flexibility index (Phi) is 22.7. The Morgan fingerprint density at radius 1 is 0.561 bits per heavy atom. The summed E-state index contributed by atoms with van der Waals surface area (Å²) in [6, 6.07) is 0. The first-order valence-electron chi connectivity index (χ1n) is 15.4. The van der Waals surface area contributed by atoms with Gasteiger partial charge in [-0.15, -0.1) is 0 Å². The van der Waals surface area contributed by atoms with Gasteiger partial charge in [-0.3, -0.25) is 14.4 Å². The predicted octanol–water partition coefficient (Wildman–Crippen LogP) is 3.39. The Morgan fingerprint density at radius 2 is 1.00 bits per heavy atom. The van der Waals surface area contributed by atoms with Crippen molar-refractivity contribution in [2.75, 3.05) is 0 Å². The first-order chi connectivity index (χ1) is 19.4. The molecule has 7 atom stereocenters. The molecule has 0 aromatic rings. The number of rotatable bonds is 26. The van der Waals surface area contributed by atoms with Crippen molar-refractivity contribution in [3.63, 3.8) is 0 Å². The van der Waals surface area contributed by atoms with Crippen LogP contribution in [-0.4, -0.2) is 91.3 Å². The van der Waals surface area contributed by atoms with Gasteiger partial charge in [-0.25, -0.2) is 0 Å². The van der Waals surface area contributed by atoms with E-state index in [1.54, 1.807) is 6.92 Å². The number of carboxylic acids is 1. The molecule has 0 rings (SSSR count). The number of aliphatic hydroxyl groups is 5. The van der Waals surface area contributed by atoms with E-state index in [0.717, 1.165) is 38.5 Å². The minimum absolute atomic E-state index is 0.00533. The fourth-order valence-corrected chi connectivity index (χ4v) is 4.69. The molecule has 0 radical (unpaired) electrons. The smallest absolute Gasteiger partial charge is 0.308 e. The number of carbonyl (C=O) groups excluding carboxylic acids is 2. The molecule has 0 aliphatic rings. The number of ether oxygens (including phenoxy) is 2. The van der Waals surface area contributed by atoms with Crippen LogP contribution < -0.4 is 0 Å². The standard InChI is InChI=1S/C30H56O11/c1-4-6-8-12-22(32)15-23(33)19-29(38)40-26(13-9-7-5-2)17-25(35)20-30(39)41-27(14-10-11-21(3)31)16-24(34)18-28(36)37/h21-27,31-35H,4-20H2,1-3H3,(H,36,37)/t21?,22-,23-,24-,25-,26-,27-/m1/s1. The molecule has 0 bridgehead atoms. The van der Waals surface area contributed by atoms with Gasteiger partial charge in [-0.2, -0.15) is 0 Å². The number of aliphatic hydroxyl groups excluding tert-OH is 5. The predicted molar refractivity (Wildman–Crippen MR) is 153 cm³/mol. The topological polar surface area (TPSA) is 191 Å². The summed E-state index contributed by atoms with van der Waals surface area (Å²) < 4.78 is 11.0. The Labute approximate surface area is 245 Å². The largest absolute Gasteiger partial charge is 0.481 e. The highest BCUT2D eigenvalue weighted by molar-refractivity contribution is 5.71. The summed E-state index contributed by atoms with van der Waals surface area (Å²) in [5.74, 6) is -2.55. The fourth-order valence-electron chi connectivity index (χ4n) is 4.69. The molecule has 0 heterocycles. The van der Waals surface area contributed by atoms with Gasteiger partial charge in [0.25, 0.3) is 0 Å². The van der Waals surface area contributed by atoms with Crippen LogP contribution in [0.2, 0.25) is 0 Å². The van der Waals surface area contributed by atoms with Crippen LogP contribution in [0.15, 0.2) is 0 Å². The third-order valence-corrected chi connectivity index (χ3v) is 6.84. The monoisotopic (exact) mass is 592 g/mol. The van der Waals surface area contributed by atoms with Gasteiger partial charge in [0, 0.05) is 12.8 Å². The van der Waals surface area contributed by atoms with Gasteiger partial charge >= 0.3 is 17.9 Å². The lowest BCUT2D eigenvalue weighted by Gasteiger charge is -2.23. The van der Waals surface area contributed by atoms with E-state index in [2.05, 4.69) is 6.92 Å². The number of esters is 2. The van der Waals surface area contributed by atoms with E-state index in [0.29, 0.717) is 32.1 Å². The van der Waals surface area contributed by atoms with Gasteiger partial charge in [0.15, 0.2) is 0 Å². The molecule has 242 valence electrons. The number of hydrogen-bond donors (Lipinski definition) is 6. The second kappa shape index (κ2) is 23.7. The number of carboxylic acid groups (broad SMARTS) is 1. The molecule has 0 aliphatic carbocycles. The molecule has 1 unspecified atom stereocenters. The first-order valence-corrected chi connectivity index (χ1v) is 15.4.